The van der Waals surface area contributed by atoms with E-state index in [9.17, 15) is 4.79 Å². The van der Waals surface area contributed by atoms with Gasteiger partial charge < -0.3 is 14.8 Å². The molecule has 1 aromatic carbocycles. The van der Waals surface area contributed by atoms with E-state index in [0.717, 1.165) is 5.56 Å². The molecule has 0 spiro atoms. The quantitative estimate of drug-likeness (QED) is 0.928. The van der Waals surface area contributed by atoms with Gasteiger partial charge in [0.15, 0.2) is 11.5 Å². The number of hydrogen-bond donors (Lipinski definition) is 1. The van der Waals surface area contributed by atoms with Crippen molar-refractivity contribution in [3.8, 4) is 11.5 Å². The van der Waals surface area contributed by atoms with Crippen LogP contribution in [0.2, 0.25) is 5.02 Å². The number of nitrogens with one attached hydrogen (secondary N) is 1. The minimum atomic E-state index is -0.319. The van der Waals surface area contributed by atoms with Gasteiger partial charge in [-0.1, -0.05) is 17.7 Å². The van der Waals surface area contributed by atoms with Crippen LogP contribution in [-0.2, 0) is 4.79 Å². The molecule has 5 heteroatoms. The number of halogens is 1. The maximum absolute atomic E-state index is 11.6. The predicted octanol–water partition coefficient (Wildman–Crippen LogP) is 2.74. The molecule has 1 unspecified atom stereocenters. The molecule has 1 fully saturated rings. The normalized spacial score (nSPS) is 21.1. The number of hydrogen-bond acceptors (Lipinski definition) is 3. The van der Waals surface area contributed by atoms with E-state index in [1.165, 1.54) is 0 Å². The Morgan fingerprint density at radius 1 is 1.32 bits per heavy atom. The zero-order valence-electron chi connectivity index (χ0n) is 11.5. The van der Waals surface area contributed by atoms with Crippen molar-refractivity contribution in [2.45, 2.75) is 31.7 Å². The fraction of sp³-hybridized carbons (Fsp3) is 0.500. The Hall–Kier alpha value is -1.42. The Morgan fingerprint density at radius 2 is 2.00 bits per heavy atom. The number of ether oxygens (including phenoxy) is 2. The molecule has 1 amide bonds. The average molecular weight is 284 g/mol. The molecule has 0 radical (unpaired) electrons. The Balaban J connectivity index is 2.49. The van der Waals surface area contributed by atoms with Crippen LogP contribution in [0, 0.1) is 0 Å². The third kappa shape index (κ3) is 2.37. The first-order chi connectivity index (χ1) is 8.90. The first-order valence-electron chi connectivity index (χ1n) is 6.12. The van der Waals surface area contributed by atoms with Gasteiger partial charge in [0, 0.05) is 17.9 Å². The summed E-state index contributed by atoms with van der Waals surface area (Å²) in [5, 5.41) is 3.48. The largest absolute Gasteiger partial charge is 0.493 e. The summed E-state index contributed by atoms with van der Waals surface area (Å²) >= 11 is 6.40. The van der Waals surface area contributed by atoms with E-state index in [4.69, 9.17) is 21.1 Å². The zero-order chi connectivity index (χ0) is 14.2. The fourth-order valence-electron chi connectivity index (χ4n) is 2.61. The van der Waals surface area contributed by atoms with Crippen LogP contribution in [-0.4, -0.2) is 25.7 Å². The maximum Gasteiger partial charge on any atom is 0.221 e. The molecule has 1 aliphatic rings. The molecule has 1 saturated heterocycles. The first-order valence-corrected chi connectivity index (χ1v) is 6.50. The number of carbonyl (C=O) groups excluding carboxylic acids is 1. The SMILES string of the molecule is COc1ccc(C2CC(=O)NC2(C)C)c(Cl)c1OC. The highest BCUT2D eigenvalue weighted by Crippen LogP contribution is 2.45. The molecule has 1 heterocycles. The van der Waals surface area contributed by atoms with Gasteiger partial charge in [0.1, 0.15) is 0 Å². The minimum absolute atomic E-state index is 0.0207. The van der Waals surface area contributed by atoms with Crippen LogP contribution < -0.4 is 14.8 Å². The highest BCUT2D eigenvalue weighted by molar-refractivity contribution is 6.33. The van der Waals surface area contributed by atoms with Crippen molar-refractivity contribution in [3.05, 3.63) is 22.7 Å². The lowest BCUT2D eigenvalue weighted by Gasteiger charge is -2.28. The van der Waals surface area contributed by atoms with Crippen molar-refractivity contribution in [1.82, 2.24) is 5.32 Å². The molecule has 0 aliphatic carbocycles. The second-order valence-corrected chi connectivity index (χ2v) is 5.61. The summed E-state index contributed by atoms with van der Waals surface area (Å²) in [5.41, 5.74) is 0.586. The Kier molecular flexibility index (Phi) is 3.63. The smallest absolute Gasteiger partial charge is 0.221 e. The number of benzene rings is 1. The maximum atomic E-state index is 11.6. The Bertz CT molecular complexity index is 514. The van der Waals surface area contributed by atoms with Crippen LogP contribution in [0.25, 0.3) is 0 Å². The first kappa shape index (κ1) is 14.0. The van der Waals surface area contributed by atoms with E-state index in [-0.39, 0.29) is 17.4 Å². The van der Waals surface area contributed by atoms with Gasteiger partial charge in [-0.15, -0.1) is 0 Å². The standard InChI is InChI=1S/C14H18ClNO3/c1-14(2)9(7-11(17)16-14)8-5-6-10(18-3)13(19-4)12(8)15/h5-6,9H,7H2,1-4H3,(H,16,17). The van der Waals surface area contributed by atoms with Crippen LogP contribution in [0.3, 0.4) is 0 Å². The number of rotatable bonds is 3. The molecular weight excluding hydrogens is 266 g/mol. The Labute approximate surface area is 118 Å². The molecule has 1 aliphatic heterocycles. The minimum Gasteiger partial charge on any atom is -0.493 e. The van der Waals surface area contributed by atoms with Gasteiger partial charge in [-0.05, 0) is 25.5 Å². The van der Waals surface area contributed by atoms with Crippen molar-refractivity contribution in [2.75, 3.05) is 14.2 Å². The van der Waals surface area contributed by atoms with Gasteiger partial charge in [0.25, 0.3) is 0 Å². The van der Waals surface area contributed by atoms with Gasteiger partial charge in [-0.2, -0.15) is 0 Å². The second-order valence-electron chi connectivity index (χ2n) is 5.23. The topological polar surface area (TPSA) is 47.6 Å². The van der Waals surface area contributed by atoms with Crippen LogP contribution in [0.1, 0.15) is 31.7 Å². The highest BCUT2D eigenvalue weighted by atomic mass is 35.5. The van der Waals surface area contributed by atoms with Crippen molar-refractivity contribution < 1.29 is 14.3 Å². The van der Waals surface area contributed by atoms with Gasteiger partial charge in [0.05, 0.1) is 19.2 Å². The molecular formula is C14H18ClNO3. The summed E-state index contributed by atoms with van der Waals surface area (Å²) in [6.07, 6.45) is 0.433. The lowest BCUT2D eigenvalue weighted by atomic mass is 9.83. The number of amides is 1. The van der Waals surface area contributed by atoms with E-state index in [0.29, 0.717) is 22.9 Å². The van der Waals surface area contributed by atoms with E-state index < -0.39 is 0 Å². The molecule has 1 aromatic rings. The van der Waals surface area contributed by atoms with E-state index >= 15 is 0 Å². The lowest BCUT2D eigenvalue weighted by molar-refractivity contribution is -0.119. The summed E-state index contributed by atoms with van der Waals surface area (Å²) in [7, 11) is 3.12. The summed E-state index contributed by atoms with van der Waals surface area (Å²) in [4.78, 5) is 11.6. The number of methoxy groups -OCH3 is 2. The molecule has 0 saturated carbocycles. The average Bonchev–Trinajstić information content (AvgIpc) is 2.61. The Morgan fingerprint density at radius 3 is 2.47 bits per heavy atom. The van der Waals surface area contributed by atoms with Crippen LogP contribution >= 0.6 is 11.6 Å². The molecule has 104 valence electrons. The van der Waals surface area contributed by atoms with E-state index in [2.05, 4.69) is 5.32 Å². The fourth-order valence-corrected chi connectivity index (χ4v) is 2.98. The molecule has 1 atom stereocenters. The second kappa shape index (κ2) is 4.93. The van der Waals surface area contributed by atoms with E-state index in [1.807, 2.05) is 26.0 Å². The monoisotopic (exact) mass is 283 g/mol. The molecule has 19 heavy (non-hydrogen) atoms. The zero-order valence-corrected chi connectivity index (χ0v) is 12.3. The van der Waals surface area contributed by atoms with Crippen LogP contribution in [0.15, 0.2) is 12.1 Å². The molecule has 4 nitrogen and oxygen atoms in total. The molecule has 2 rings (SSSR count). The summed E-state index contributed by atoms with van der Waals surface area (Å²) < 4.78 is 10.5. The van der Waals surface area contributed by atoms with Gasteiger partial charge >= 0.3 is 0 Å². The highest BCUT2D eigenvalue weighted by Gasteiger charge is 2.41. The van der Waals surface area contributed by atoms with Crippen LogP contribution in [0.4, 0.5) is 0 Å². The summed E-state index contributed by atoms with van der Waals surface area (Å²) in [5.74, 6) is 1.16. The number of carbonyl (C=O) groups is 1. The van der Waals surface area contributed by atoms with Crippen LogP contribution in [0.5, 0.6) is 11.5 Å². The van der Waals surface area contributed by atoms with Crippen molar-refractivity contribution in [1.29, 1.82) is 0 Å². The molecule has 0 bridgehead atoms. The van der Waals surface area contributed by atoms with Crippen molar-refractivity contribution in [2.24, 2.45) is 0 Å². The van der Waals surface area contributed by atoms with Crippen molar-refractivity contribution in [3.63, 3.8) is 0 Å². The molecule has 1 N–H and O–H groups in total. The third-order valence-corrected chi connectivity index (χ3v) is 4.00. The summed E-state index contributed by atoms with van der Waals surface area (Å²) in [6, 6.07) is 3.72. The third-order valence-electron chi connectivity index (χ3n) is 3.61. The van der Waals surface area contributed by atoms with Gasteiger partial charge in [0.2, 0.25) is 5.91 Å². The molecule has 0 aromatic heterocycles. The lowest BCUT2D eigenvalue weighted by Crippen LogP contribution is -2.38. The van der Waals surface area contributed by atoms with E-state index in [1.54, 1.807) is 14.2 Å². The van der Waals surface area contributed by atoms with Crippen molar-refractivity contribution >= 4 is 17.5 Å². The van der Waals surface area contributed by atoms with Gasteiger partial charge in [-0.25, -0.2) is 0 Å². The summed E-state index contributed by atoms with van der Waals surface area (Å²) in [6.45, 7) is 3.99. The predicted molar refractivity (Wildman–Crippen MR) is 74.1 cm³/mol. The van der Waals surface area contributed by atoms with Gasteiger partial charge in [-0.3, -0.25) is 4.79 Å².